The Morgan fingerprint density at radius 2 is 0.786 bits per heavy atom. The molecule has 0 aromatic carbocycles. The van der Waals surface area contributed by atoms with E-state index in [-0.39, 0.29) is 24.4 Å². The largest absolute Gasteiger partial charge is 0.478 e. The van der Waals surface area contributed by atoms with E-state index < -0.39 is 11.9 Å². The first-order valence-corrected chi connectivity index (χ1v) is 8.50. The Balaban J connectivity index is -0.000000426. The third-order valence-electron chi connectivity index (χ3n) is 2.32. The fraction of sp³-hybridized carbons (Fsp3) is 0.667. The van der Waals surface area contributed by atoms with Gasteiger partial charge in [0.05, 0.1) is 66.1 Å². The van der Waals surface area contributed by atoms with Crippen LogP contribution in [0.5, 0.6) is 0 Å². The molecule has 0 unspecified atom stereocenters. The number of carboxylic acid groups (broad SMARTS) is 2. The zero-order chi connectivity index (χ0) is 22.2. The average molecular weight is 410 g/mol. The van der Waals surface area contributed by atoms with Crippen LogP contribution in [0.1, 0.15) is 13.8 Å². The standard InChI is InChI=1S/C10H22O6.2C4H6O2/c11-1-3-13-5-7-15-9-10-16-8-6-14-4-2-12;2*1-3(2)4(5)6/h11-12H,1-10H2;2*1H2,2H3,(H,5,6). The average Bonchev–Trinajstić information content (AvgIpc) is 2.63. The highest BCUT2D eigenvalue weighted by atomic mass is 16.6. The summed E-state index contributed by atoms with van der Waals surface area (Å²) in [4.78, 5) is 19.2. The lowest BCUT2D eigenvalue weighted by molar-refractivity contribution is -0.133. The first-order chi connectivity index (χ1) is 13.2. The van der Waals surface area contributed by atoms with Crippen molar-refractivity contribution in [2.75, 3.05) is 66.1 Å². The minimum absolute atomic E-state index is 0.0386. The molecule has 10 nitrogen and oxygen atoms in total. The summed E-state index contributed by atoms with van der Waals surface area (Å²) in [5.74, 6) is -1.87. The van der Waals surface area contributed by atoms with Gasteiger partial charge in [-0.05, 0) is 13.8 Å². The van der Waals surface area contributed by atoms with Crippen molar-refractivity contribution in [2.24, 2.45) is 0 Å². The van der Waals surface area contributed by atoms with E-state index in [0.29, 0.717) is 52.9 Å². The molecule has 0 saturated heterocycles. The summed E-state index contributed by atoms with van der Waals surface area (Å²) < 4.78 is 20.4. The minimum Gasteiger partial charge on any atom is -0.478 e. The van der Waals surface area contributed by atoms with E-state index in [1.54, 1.807) is 0 Å². The molecule has 0 aromatic heterocycles. The molecule has 0 aromatic rings. The highest BCUT2D eigenvalue weighted by molar-refractivity contribution is 5.85. The van der Waals surface area contributed by atoms with Gasteiger partial charge in [-0.3, -0.25) is 0 Å². The number of ether oxygens (including phenoxy) is 4. The fourth-order valence-corrected chi connectivity index (χ4v) is 0.891. The van der Waals surface area contributed by atoms with Crippen LogP contribution in [-0.4, -0.2) is 98.4 Å². The minimum atomic E-state index is -0.935. The zero-order valence-corrected chi connectivity index (χ0v) is 16.7. The summed E-state index contributed by atoms with van der Waals surface area (Å²) in [7, 11) is 0. The molecule has 0 spiro atoms. The maximum Gasteiger partial charge on any atom is 0.330 e. The number of hydrogen-bond donors (Lipinski definition) is 4. The van der Waals surface area contributed by atoms with Crippen LogP contribution in [0, 0.1) is 0 Å². The van der Waals surface area contributed by atoms with Gasteiger partial charge in [0.2, 0.25) is 0 Å². The molecule has 0 aliphatic carbocycles. The van der Waals surface area contributed by atoms with Crippen LogP contribution in [0.2, 0.25) is 0 Å². The Morgan fingerprint density at radius 1 is 0.607 bits per heavy atom. The smallest absolute Gasteiger partial charge is 0.330 e. The Labute approximate surface area is 166 Å². The van der Waals surface area contributed by atoms with E-state index in [4.69, 9.17) is 39.4 Å². The molecule has 0 saturated carbocycles. The van der Waals surface area contributed by atoms with E-state index in [9.17, 15) is 9.59 Å². The topological polar surface area (TPSA) is 152 Å². The van der Waals surface area contributed by atoms with Gasteiger partial charge in [0.15, 0.2) is 0 Å². The van der Waals surface area contributed by atoms with Gasteiger partial charge in [-0.25, -0.2) is 9.59 Å². The summed E-state index contributed by atoms with van der Waals surface area (Å²) in [5.41, 5.74) is 0.352. The van der Waals surface area contributed by atoms with E-state index in [1.165, 1.54) is 13.8 Å². The molecular weight excluding hydrogens is 376 g/mol. The van der Waals surface area contributed by atoms with Crippen molar-refractivity contribution in [3.8, 4) is 0 Å². The molecule has 4 N–H and O–H groups in total. The van der Waals surface area contributed by atoms with Crippen molar-refractivity contribution in [3.05, 3.63) is 24.3 Å². The molecule has 0 atom stereocenters. The van der Waals surface area contributed by atoms with E-state index >= 15 is 0 Å². The molecule has 10 heteroatoms. The summed E-state index contributed by atoms with van der Waals surface area (Å²) >= 11 is 0. The van der Waals surface area contributed by atoms with Gasteiger partial charge in [0.25, 0.3) is 0 Å². The van der Waals surface area contributed by atoms with Gasteiger partial charge >= 0.3 is 11.9 Å². The van der Waals surface area contributed by atoms with Crippen LogP contribution in [0.3, 0.4) is 0 Å². The molecule has 0 heterocycles. The van der Waals surface area contributed by atoms with Crippen LogP contribution in [0.25, 0.3) is 0 Å². The van der Waals surface area contributed by atoms with Crippen LogP contribution in [0.4, 0.5) is 0 Å². The summed E-state index contributed by atoms with van der Waals surface area (Å²) in [6, 6.07) is 0. The molecule has 0 aliphatic heterocycles. The number of aliphatic carboxylic acids is 2. The van der Waals surface area contributed by atoms with Crippen LogP contribution in [0.15, 0.2) is 24.3 Å². The third kappa shape index (κ3) is 35.3. The van der Waals surface area contributed by atoms with E-state index in [2.05, 4.69) is 13.2 Å². The van der Waals surface area contributed by atoms with Gasteiger partial charge in [-0.2, -0.15) is 0 Å². The Kier molecular flexibility index (Phi) is 27.8. The number of carboxylic acids is 2. The molecule has 166 valence electrons. The van der Waals surface area contributed by atoms with E-state index in [1.807, 2.05) is 0 Å². The van der Waals surface area contributed by atoms with Gasteiger partial charge in [-0.15, -0.1) is 0 Å². The normalized spacial score (nSPS) is 9.43. The molecule has 0 bridgehead atoms. The van der Waals surface area contributed by atoms with Crippen LogP contribution in [-0.2, 0) is 28.5 Å². The van der Waals surface area contributed by atoms with Crippen molar-refractivity contribution in [3.63, 3.8) is 0 Å². The molecule has 28 heavy (non-hydrogen) atoms. The van der Waals surface area contributed by atoms with Gasteiger partial charge in [0, 0.05) is 11.1 Å². The SMILES string of the molecule is C=C(C)C(=O)O.C=C(C)C(=O)O.OCCOCCOCCOCCOCCO. The molecule has 0 rings (SSSR count). The predicted molar refractivity (Wildman–Crippen MR) is 102 cm³/mol. The summed E-state index contributed by atoms with van der Waals surface area (Å²) in [6.45, 7) is 13.0. The maximum absolute atomic E-state index is 9.60. The van der Waals surface area contributed by atoms with Crippen molar-refractivity contribution < 1.29 is 49.0 Å². The maximum atomic E-state index is 9.60. The second-order valence-corrected chi connectivity index (χ2v) is 5.07. The molecule has 0 fully saturated rings. The number of carbonyl (C=O) groups is 2. The van der Waals surface area contributed by atoms with Crippen molar-refractivity contribution >= 4 is 11.9 Å². The Bertz CT molecular complexity index is 347. The van der Waals surface area contributed by atoms with Crippen molar-refractivity contribution in [2.45, 2.75) is 13.8 Å². The Hall–Kier alpha value is -1.82. The number of aliphatic hydroxyl groups is 2. The second-order valence-electron chi connectivity index (χ2n) is 5.07. The van der Waals surface area contributed by atoms with Crippen molar-refractivity contribution in [1.82, 2.24) is 0 Å². The first kappa shape index (κ1) is 30.9. The highest BCUT2D eigenvalue weighted by Gasteiger charge is 1.92. The molecule has 0 amide bonds. The summed E-state index contributed by atoms with van der Waals surface area (Å²) in [6.07, 6.45) is 0. The van der Waals surface area contributed by atoms with Crippen LogP contribution < -0.4 is 0 Å². The van der Waals surface area contributed by atoms with Gasteiger partial charge in [-0.1, -0.05) is 13.2 Å². The lowest BCUT2D eigenvalue weighted by Crippen LogP contribution is -2.13. The molecule has 0 radical (unpaired) electrons. The lowest BCUT2D eigenvalue weighted by atomic mass is 10.4. The third-order valence-corrected chi connectivity index (χ3v) is 2.32. The monoisotopic (exact) mass is 410 g/mol. The van der Waals surface area contributed by atoms with Crippen LogP contribution >= 0.6 is 0 Å². The number of aliphatic hydroxyl groups excluding tert-OH is 2. The lowest BCUT2D eigenvalue weighted by Gasteiger charge is -2.06. The predicted octanol–water partition coefficient (Wildman–Crippen LogP) is 0.332. The second kappa shape index (κ2) is 25.2. The summed E-state index contributed by atoms with van der Waals surface area (Å²) in [5, 5.41) is 32.6. The first-order valence-electron chi connectivity index (χ1n) is 8.50. The number of rotatable bonds is 15. The molecular formula is C18H34O10. The zero-order valence-electron chi connectivity index (χ0n) is 16.7. The molecule has 0 aliphatic rings. The fourth-order valence-electron chi connectivity index (χ4n) is 0.891. The quantitative estimate of drug-likeness (QED) is 0.219. The highest BCUT2D eigenvalue weighted by Crippen LogP contribution is 1.83. The number of hydrogen-bond acceptors (Lipinski definition) is 8. The Morgan fingerprint density at radius 3 is 0.929 bits per heavy atom. The van der Waals surface area contributed by atoms with Crippen molar-refractivity contribution in [1.29, 1.82) is 0 Å². The van der Waals surface area contributed by atoms with E-state index in [0.717, 1.165) is 0 Å². The van der Waals surface area contributed by atoms with Gasteiger partial charge in [0.1, 0.15) is 0 Å². The van der Waals surface area contributed by atoms with Gasteiger partial charge < -0.3 is 39.4 Å².